The van der Waals surface area contributed by atoms with Crippen LogP contribution >= 0.6 is 31.9 Å². The molecule has 1 fully saturated rings. The molecule has 1 N–H and O–H groups in total. The van der Waals surface area contributed by atoms with Gasteiger partial charge in [-0.1, -0.05) is 159 Å². The third kappa shape index (κ3) is 5.58. The van der Waals surface area contributed by atoms with Crippen molar-refractivity contribution in [1.29, 1.82) is 0 Å². The molecule has 214 valence electrons. The lowest BCUT2D eigenvalue weighted by atomic mass is 9.52. The minimum atomic E-state index is -1.58. The molecule has 0 radical (unpaired) electrons. The number of ketones is 2. The number of carbonyl (C=O) groups is 2. The van der Waals surface area contributed by atoms with Gasteiger partial charge in [-0.05, 0) is 41.2 Å². The molecule has 0 bridgehead atoms. The van der Waals surface area contributed by atoms with Crippen molar-refractivity contribution in [3.05, 3.63) is 176 Å². The maximum Gasteiger partial charge on any atom is 0.169 e. The molecule has 0 aliphatic heterocycles. The highest BCUT2D eigenvalue weighted by atomic mass is 79.9. The highest BCUT2D eigenvalue weighted by Gasteiger charge is 2.59. The van der Waals surface area contributed by atoms with Crippen molar-refractivity contribution in [1.82, 2.24) is 0 Å². The van der Waals surface area contributed by atoms with Gasteiger partial charge in [0.15, 0.2) is 11.6 Å². The zero-order valence-corrected chi connectivity index (χ0v) is 26.5. The Bertz CT molecular complexity index is 1740. The second-order valence-electron chi connectivity index (χ2n) is 11.1. The van der Waals surface area contributed by atoms with Crippen LogP contribution in [0, 0.1) is 11.8 Å². The number of benzene rings is 5. The van der Waals surface area contributed by atoms with Gasteiger partial charge in [0.25, 0.3) is 0 Å². The van der Waals surface area contributed by atoms with Crippen LogP contribution in [0.4, 0.5) is 0 Å². The predicted octanol–water partition coefficient (Wildman–Crippen LogP) is 9.37. The minimum absolute atomic E-state index is 0.0527. The van der Waals surface area contributed by atoms with Crippen molar-refractivity contribution in [2.24, 2.45) is 11.8 Å². The van der Waals surface area contributed by atoms with E-state index in [4.69, 9.17) is 0 Å². The SMILES string of the molecule is O=C(c1ccccc1)[C@H]1[C@@H](c2ccccc2Br)[C@H](C(=O)c2ccccc2)[C@@](O)(c2ccccc2)C[C@@H]1c1ccccc1Br. The summed E-state index contributed by atoms with van der Waals surface area (Å²) in [6.45, 7) is 0. The summed E-state index contributed by atoms with van der Waals surface area (Å²) in [6.07, 6.45) is 0.188. The summed E-state index contributed by atoms with van der Waals surface area (Å²) in [7, 11) is 0. The van der Waals surface area contributed by atoms with Crippen molar-refractivity contribution >= 4 is 43.4 Å². The van der Waals surface area contributed by atoms with Gasteiger partial charge < -0.3 is 5.11 Å². The lowest BCUT2D eigenvalue weighted by Crippen LogP contribution is -2.53. The third-order valence-corrected chi connectivity index (χ3v) is 10.2. The van der Waals surface area contributed by atoms with E-state index in [-0.39, 0.29) is 18.0 Å². The highest BCUT2D eigenvalue weighted by Crippen LogP contribution is 2.59. The zero-order valence-electron chi connectivity index (χ0n) is 23.3. The summed E-state index contributed by atoms with van der Waals surface area (Å²) in [5.41, 5.74) is 1.90. The first-order chi connectivity index (χ1) is 20.9. The van der Waals surface area contributed by atoms with E-state index in [2.05, 4.69) is 31.9 Å². The molecule has 1 saturated carbocycles. The summed E-state index contributed by atoms with van der Waals surface area (Å²) < 4.78 is 1.65. The van der Waals surface area contributed by atoms with E-state index in [1.807, 2.05) is 127 Å². The maximum absolute atomic E-state index is 14.8. The van der Waals surface area contributed by atoms with Crippen LogP contribution in [0.25, 0.3) is 0 Å². The molecule has 0 heterocycles. The maximum atomic E-state index is 14.8. The Morgan fingerprint density at radius 1 is 0.581 bits per heavy atom. The Labute approximate surface area is 268 Å². The van der Waals surface area contributed by atoms with Gasteiger partial charge >= 0.3 is 0 Å². The average Bonchev–Trinajstić information content (AvgIpc) is 3.05. The Morgan fingerprint density at radius 3 is 1.56 bits per heavy atom. The summed E-state index contributed by atoms with van der Waals surface area (Å²) >= 11 is 7.53. The summed E-state index contributed by atoms with van der Waals surface area (Å²) in [5, 5.41) is 13.1. The third-order valence-electron chi connectivity index (χ3n) is 8.77. The van der Waals surface area contributed by atoms with Crippen LogP contribution in [0.5, 0.6) is 0 Å². The molecule has 0 saturated heterocycles. The average molecular weight is 694 g/mol. The molecule has 0 aromatic heterocycles. The van der Waals surface area contributed by atoms with Gasteiger partial charge in [0.2, 0.25) is 0 Å². The quantitative estimate of drug-likeness (QED) is 0.173. The van der Waals surface area contributed by atoms with Gasteiger partial charge in [0, 0.05) is 31.9 Å². The van der Waals surface area contributed by atoms with Crippen molar-refractivity contribution in [3.8, 4) is 0 Å². The number of aliphatic hydroxyl groups is 1. The van der Waals surface area contributed by atoms with E-state index in [1.54, 1.807) is 12.1 Å². The zero-order chi connectivity index (χ0) is 30.0. The molecule has 5 atom stereocenters. The molecule has 6 rings (SSSR count). The van der Waals surface area contributed by atoms with Gasteiger partial charge in [-0.3, -0.25) is 9.59 Å². The van der Waals surface area contributed by atoms with Crippen LogP contribution in [0.1, 0.15) is 55.7 Å². The molecule has 5 heteroatoms. The first kappa shape index (κ1) is 29.4. The molecular weight excluding hydrogens is 664 g/mol. The van der Waals surface area contributed by atoms with Crippen LogP contribution in [-0.4, -0.2) is 16.7 Å². The van der Waals surface area contributed by atoms with Crippen molar-refractivity contribution < 1.29 is 14.7 Å². The fraction of sp³-hybridized carbons (Fsp3) is 0.158. The van der Waals surface area contributed by atoms with Gasteiger partial charge in [-0.25, -0.2) is 0 Å². The largest absolute Gasteiger partial charge is 0.384 e. The molecule has 1 aliphatic rings. The minimum Gasteiger partial charge on any atom is -0.384 e. The van der Waals surface area contributed by atoms with Gasteiger partial charge in [0.05, 0.1) is 5.92 Å². The van der Waals surface area contributed by atoms with Gasteiger partial charge in [-0.2, -0.15) is 0 Å². The fourth-order valence-corrected chi connectivity index (χ4v) is 8.00. The number of Topliss-reactive ketones (excluding diaryl/α,β-unsaturated/α-hetero) is 2. The number of hydrogen-bond acceptors (Lipinski definition) is 3. The number of carbonyl (C=O) groups excluding carboxylic acids is 2. The second-order valence-corrected chi connectivity index (χ2v) is 12.8. The van der Waals surface area contributed by atoms with E-state index < -0.39 is 29.3 Å². The molecule has 1 aliphatic carbocycles. The number of rotatable bonds is 7. The van der Waals surface area contributed by atoms with E-state index >= 15 is 0 Å². The van der Waals surface area contributed by atoms with Crippen molar-refractivity contribution in [3.63, 3.8) is 0 Å². The smallest absolute Gasteiger partial charge is 0.169 e. The van der Waals surface area contributed by atoms with Crippen LogP contribution in [0.2, 0.25) is 0 Å². The molecule has 5 aromatic rings. The predicted molar refractivity (Wildman–Crippen MR) is 177 cm³/mol. The van der Waals surface area contributed by atoms with Crippen LogP contribution in [0.3, 0.4) is 0 Å². The Hall–Kier alpha value is -3.64. The van der Waals surface area contributed by atoms with E-state index in [1.165, 1.54) is 0 Å². The highest BCUT2D eigenvalue weighted by molar-refractivity contribution is 9.10. The summed E-state index contributed by atoms with van der Waals surface area (Å²) in [5.74, 6) is -2.92. The fourth-order valence-electron chi connectivity index (χ4n) is 6.87. The lowest BCUT2D eigenvalue weighted by molar-refractivity contribution is -0.0692. The number of halogens is 2. The standard InChI is InChI=1S/C38H30Br2O3/c39-31-22-12-10-20-28(31)30-24-38(43,27-18-8-3-9-19-27)35(37(42)26-16-6-2-7-17-26)33(29-21-11-13-23-32(29)40)34(30)36(41)25-14-4-1-5-15-25/h1-23,30,33-35,43H,24H2/t30-,33-,34-,35-,38+/m1/s1. The molecular formula is C38H30Br2O3. The van der Waals surface area contributed by atoms with Gasteiger partial charge in [0.1, 0.15) is 5.60 Å². The molecule has 5 aromatic carbocycles. The van der Waals surface area contributed by atoms with Crippen LogP contribution in [-0.2, 0) is 5.60 Å². The number of hydrogen-bond donors (Lipinski definition) is 1. The first-order valence-electron chi connectivity index (χ1n) is 14.4. The lowest BCUT2D eigenvalue weighted by Gasteiger charge is -2.52. The summed E-state index contributed by atoms with van der Waals surface area (Å²) in [4.78, 5) is 29.6. The van der Waals surface area contributed by atoms with Gasteiger partial charge in [-0.15, -0.1) is 0 Å². The topological polar surface area (TPSA) is 54.4 Å². The summed E-state index contributed by atoms with van der Waals surface area (Å²) in [6, 6.07) is 43.5. The van der Waals surface area contributed by atoms with Crippen LogP contribution < -0.4 is 0 Å². The van der Waals surface area contributed by atoms with E-state index in [0.29, 0.717) is 16.7 Å². The normalized spacial score (nSPS) is 23.4. The Morgan fingerprint density at radius 2 is 1.02 bits per heavy atom. The first-order valence-corrected chi connectivity index (χ1v) is 15.9. The van der Waals surface area contributed by atoms with Crippen molar-refractivity contribution in [2.45, 2.75) is 23.9 Å². The van der Waals surface area contributed by atoms with E-state index in [9.17, 15) is 14.7 Å². The molecule has 0 amide bonds. The Kier molecular flexibility index (Phi) is 8.58. The second kappa shape index (κ2) is 12.5. The van der Waals surface area contributed by atoms with Crippen molar-refractivity contribution in [2.75, 3.05) is 0 Å². The molecule has 43 heavy (non-hydrogen) atoms. The molecule has 0 spiro atoms. The Balaban J connectivity index is 1.68. The monoisotopic (exact) mass is 692 g/mol. The molecule has 0 unspecified atom stereocenters. The van der Waals surface area contributed by atoms with E-state index in [0.717, 1.165) is 20.1 Å². The van der Waals surface area contributed by atoms with Crippen LogP contribution in [0.15, 0.2) is 148 Å². The molecule has 3 nitrogen and oxygen atoms in total.